The van der Waals surface area contributed by atoms with Crippen LogP contribution in [-0.4, -0.2) is 39.0 Å². The molecular weight excluding hydrogens is 314 g/mol. The number of piperidine rings is 1. The van der Waals surface area contributed by atoms with Crippen LogP contribution in [0.2, 0.25) is 0 Å². The molecule has 1 aliphatic heterocycles. The highest BCUT2D eigenvalue weighted by molar-refractivity contribution is 5.94. The molecule has 0 bridgehead atoms. The standard InChI is InChI=1S/C20H25N3O2/c1-3-4-17-13-16(7-10-21-17)19(24)23-11-8-20(25,9-12-23)18-6-5-15(2)14-22-18/h5-7,10,13-14,25H,3-4,8-9,11-12H2,1-2H3. The molecule has 1 aliphatic rings. The van der Waals surface area contributed by atoms with E-state index in [0.717, 1.165) is 24.1 Å². The van der Waals surface area contributed by atoms with E-state index in [0.29, 0.717) is 37.2 Å². The van der Waals surface area contributed by atoms with E-state index in [1.54, 1.807) is 18.5 Å². The van der Waals surface area contributed by atoms with Crippen molar-refractivity contribution in [2.24, 2.45) is 0 Å². The van der Waals surface area contributed by atoms with E-state index in [9.17, 15) is 9.90 Å². The maximum absolute atomic E-state index is 12.7. The zero-order chi connectivity index (χ0) is 17.9. The van der Waals surface area contributed by atoms with Crippen molar-refractivity contribution in [1.82, 2.24) is 14.9 Å². The average molecular weight is 339 g/mol. The normalized spacial score (nSPS) is 16.7. The minimum Gasteiger partial charge on any atom is -0.383 e. The van der Waals surface area contributed by atoms with Gasteiger partial charge in [-0.25, -0.2) is 0 Å². The number of pyridine rings is 2. The number of nitrogens with zero attached hydrogens (tertiary/aromatic N) is 3. The maximum atomic E-state index is 12.7. The number of carbonyl (C=O) groups excluding carboxylic acids is 1. The lowest BCUT2D eigenvalue weighted by Crippen LogP contribution is -2.45. The van der Waals surface area contributed by atoms with E-state index in [1.165, 1.54) is 0 Å². The van der Waals surface area contributed by atoms with Crippen molar-refractivity contribution < 1.29 is 9.90 Å². The molecule has 5 nitrogen and oxygen atoms in total. The SMILES string of the molecule is CCCc1cc(C(=O)N2CCC(O)(c3ccc(C)cn3)CC2)ccn1. The van der Waals surface area contributed by atoms with Crippen molar-refractivity contribution in [3.05, 3.63) is 59.2 Å². The van der Waals surface area contributed by atoms with Gasteiger partial charge in [-0.3, -0.25) is 14.8 Å². The Bertz CT molecular complexity index is 735. The Morgan fingerprint density at radius 3 is 2.64 bits per heavy atom. The average Bonchev–Trinajstić information content (AvgIpc) is 2.63. The molecule has 0 aromatic carbocycles. The molecule has 0 radical (unpaired) electrons. The zero-order valence-corrected chi connectivity index (χ0v) is 14.9. The fourth-order valence-electron chi connectivity index (χ4n) is 3.27. The molecule has 0 atom stereocenters. The maximum Gasteiger partial charge on any atom is 0.253 e. The van der Waals surface area contributed by atoms with E-state index in [1.807, 2.05) is 30.0 Å². The fraction of sp³-hybridized carbons (Fsp3) is 0.450. The van der Waals surface area contributed by atoms with Gasteiger partial charge in [0.2, 0.25) is 0 Å². The molecule has 0 spiro atoms. The van der Waals surface area contributed by atoms with Crippen LogP contribution in [0.1, 0.15) is 53.5 Å². The van der Waals surface area contributed by atoms with Crippen LogP contribution in [0.3, 0.4) is 0 Å². The van der Waals surface area contributed by atoms with E-state index < -0.39 is 5.60 Å². The van der Waals surface area contributed by atoms with Crippen LogP contribution in [-0.2, 0) is 12.0 Å². The van der Waals surface area contributed by atoms with Gasteiger partial charge in [-0.1, -0.05) is 19.4 Å². The first kappa shape index (κ1) is 17.5. The highest BCUT2D eigenvalue weighted by atomic mass is 16.3. The molecular formula is C20H25N3O2. The summed E-state index contributed by atoms with van der Waals surface area (Å²) in [7, 11) is 0. The van der Waals surface area contributed by atoms with Gasteiger partial charge >= 0.3 is 0 Å². The Morgan fingerprint density at radius 2 is 2.00 bits per heavy atom. The van der Waals surface area contributed by atoms with Crippen LogP contribution in [0.4, 0.5) is 0 Å². The van der Waals surface area contributed by atoms with Crippen LogP contribution in [0.25, 0.3) is 0 Å². The Hall–Kier alpha value is -2.27. The van der Waals surface area contributed by atoms with Crippen LogP contribution in [0.5, 0.6) is 0 Å². The number of hydrogen-bond donors (Lipinski definition) is 1. The number of hydrogen-bond acceptors (Lipinski definition) is 4. The van der Waals surface area contributed by atoms with E-state index in [2.05, 4.69) is 16.9 Å². The number of rotatable bonds is 4. The molecule has 0 unspecified atom stereocenters. The largest absolute Gasteiger partial charge is 0.383 e. The smallest absolute Gasteiger partial charge is 0.253 e. The lowest BCUT2D eigenvalue weighted by Gasteiger charge is -2.37. The van der Waals surface area contributed by atoms with Gasteiger partial charge in [0.05, 0.1) is 5.69 Å². The van der Waals surface area contributed by atoms with Crippen molar-refractivity contribution in [2.75, 3.05) is 13.1 Å². The zero-order valence-electron chi connectivity index (χ0n) is 14.9. The van der Waals surface area contributed by atoms with Gasteiger partial charge < -0.3 is 10.0 Å². The predicted octanol–water partition coefficient (Wildman–Crippen LogP) is 2.86. The topological polar surface area (TPSA) is 66.3 Å². The number of amides is 1. The quantitative estimate of drug-likeness (QED) is 0.930. The van der Waals surface area contributed by atoms with Crippen molar-refractivity contribution in [3.8, 4) is 0 Å². The predicted molar refractivity (Wildman–Crippen MR) is 96.2 cm³/mol. The second-order valence-corrected chi connectivity index (χ2v) is 6.83. The minimum absolute atomic E-state index is 0.0127. The summed E-state index contributed by atoms with van der Waals surface area (Å²) in [4.78, 5) is 23.2. The van der Waals surface area contributed by atoms with E-state index in [-0.39, 0.29) is 5.91 Å². The molecule has 2 aromatic rings. The molecule has 0 saturated carbocycles. The van der Waals surface area contributed by atoms with E-state index >= 15 is 0 Å². The summed E-state index contributed by atoms with van der Waals surface area (Å²) in [5, 5.41) is 10.9. The minimum atomic E-state index is -0.948. The van der Waals surface area contributed by atoms with Crippen LogP contribution in [0.15, 0.2) is 36.7 Å². The number of carbonyl (C=O) groups is 1. The van der Waals surface area contributed by atoms with Gasteiger partial charge in [-0.2, -0.15) is 0 Å². The summed E-state index contributed by atoms with van der Waals surface area (Å²) in [5.74, 6) is 0.0127. The van der Waals surface area contributed by atoms with Gasteiger partial charge in [0.15, 0.2) is 0 Å². The van der Waals surface area contributed by atoms with Crippen LogP contribution < -0.4 is 0 Å². The van der Waals surface area contributed by atoms with Crippen LogP contribution >= 0.6 is 0 Å². The van der Waals surface area contributed by atoms with Crippen LogP contribution in [0, 0.1) is 6.92 Å². The summed E-state index contributed by atoms with van der Waals surface area (Å²) in [6.07, 6.45) is 6.36. The monoisotopic (exact) mass is 339 g/mol. The van der Waals surface area contributed by atoms with Gasteiger partial charge in [0.1, 0.15) is 5.60 Å². The molecule has 1 N–H and O–H groups in total. The summed E-state index contributed by atoms with van der Waals surface area (Å²) in [6.45, 7) is 5.12. The molecule has 0 aliphatic carbocycles. The first-order valence-corrected chi connectivity index (χ1v) is 8.91. The van der Waals surface area contributed by atoms with Gasteiger partial charge in [-0.15, -0.1) is 0 Å². The van der Waals surface area contributed by atoms with Crippen molar-refractivity contribution in [1.29, 1.82) is 0 Å². The van der Waals surface area contributed by atoms with Gasteiger partial charge in [-0.05, 0) is 49.9 Å². The highest BCUT2D eigenvalue weighted by Crippen LogP contribution is 2.32. The third kappa shape index (κ3) is 3.87. The molecule has 2 aromatic heterocycles. The second-order valence-electron chi connectivity index (χ2n) is 6.83. The van der Waals surface area contributed by atoms with Crippen molar-refractivity contribution in [2.45, 2.75) is 45.1 Å². The lowest BCUT2D eigenvalue weighted by molar-refractivity contribution is -0.0244. The van der Waals surface area contributed by atoms with Gasteiger partial charge in [0.25, 0.3) is 5.91 Å². The Balaban J connectivity index is 1.68. The first-order valence-electron chi connectivity index (χ1n) is 8.91. The highest BCUT2D eigenvalue weighted by Gasteiger charge is 2.36. The second kappa shape index (κ2) is 7.31. The molecule has 3 heterocycles. The number of aliphatic hydroxyl groups is 1. The molecule has 25 heavy (non-hydrogen) atoms. The number of aryl methyl sites for hydroxylation is 2. The summed E-state index contributed by atoms with van der Waals surface area (Å²) >= 11 is 0. The molecule has 1 amide bonds. The number of aromatic nitrogens is 2. The molecule has 3 rings (SSSR count). The summed E-state index contributed by atoms with van der Waals surface area (Å²) in [5.41, 5.74) is 2.44. The summed E-state index contributed by atoms with van der Waals surface area (Å²) < 4.78 is 0. The Labute approximate surface area is 148 Å². The lowest BCUT2D eigenvalue weighted by atomic mass is 9.87. The van der Waals surface area contributed by atoms with Crippen molar-refractivity contribution >= 4 is 5.91 Å². The number of likely N-dealkylation sites (tertiary alicyclic amines) is 1. The van der Waals surface area contributed by atoms with Gasteiger partial charge in [0, 0.05) is 36.7 Å². The van der Waals surface area contributed by atoms with Crippen molar-refractivity contribution in [3.63, 3.8) is 0 Å². The Kier molecular flexibility index (Phi) is 5.13. The molecule has 132 valence electrons. The molecule has 5 heteroatoms. The molecule has 1 fully saturated rings. The first-order chi connectivity index (χ1) is 12.0. The fourth-order valence-corrected chi connectivity index (χ4v) is 3.27. The summed E-state index contributed by atoms with van der Waals surface area (Å²) in [6, 6.07) is 7.49. The Morgan fingerprint density at radius 1 is 1.24 bits per heavy atom. The van der Waals surface area contributed by atoms with E-state index in [4.69, 9.17) is 0 Å². The third-order valence-electron chi connectivity index (χ3n) is 4.84. The third-order valence-corrected chi connectivity index (χ3v) is 4.84. The molecule has 1 saturated heterocycles.